The van der Waals surface area contributed by atoms with Gasteiger partial charge in [-0.15, -0.1) is 0 Å². The SMILES string of the molecule is COC(=O)c1ccc(Cl)cc1NC(=O)N1CCC(c2ccccc2C(F)(F)F)CC1. The van der Waals surface area contributed by atoms with Crippen LogP contribution in [0.3, 0.4) is 0 Å². The summed E-state index contributed by atoms with van der Waals surface area (Å²) in [4.78, 5) is 26.1. The van der Waals surface area contributed by atoms with Crippen molar-refractivity contribution >= 4 is 29.3 Å². The summed E-state index contributed by atoms with van der Waals surface area (Å²) >= 11 is 5.96. The van der Waals surface area contributed by atoms with Crippen LogP contribution in [-0.4, -0.2) is 37.1 Å². The summed E-state index contributed by atoms with van der Waals surface area (Å²) < 4.78 is 44.6. The lowest BCUT2D eigenvalue weighted by molar-refractivity contribution is -0.138. The standard InChI is InChI=1S/C21H20ClF3N2O3/c1-30-19(28)16-7-6-14(22)12-18(16)26-20(29)27-10-8-13(9-11-27)15-4-2-3-5-17(15)21(23,24)25/h2-7,12-13H,8-11H2,1H3,(H,26,29). The highest BCUT2D eigenvalue weighted by atomic mass is 35.5. The number of alkyl halides is 3. The van der Waals surface area contributed by atoms with Gasteiger partial charge in [0.15, 0.2) is 0 Å². The smallest absolute Gasteiger partial charge is 0.416 e. The van der Waals surface area contributed by atoms with Gasteiger partial charge in [0.25, 0.3) is 0 Å². The van der Waals surface area contributed by atoms with E-state index >= 15 is 0 Å². The Labute approximate surface area is 176 Å². The van der Waals surface area contributed by atoms with Gasteiger partial charge in [-0.25, -0.2) is 9.59 Å². The second kappa shape index (κ2) is 8.95. The average Bonchev–Trinajstić information content (AvgIpc) is 2.73. The molecule has 2 aromatic carbocycles. The fraction of sp³-hybridized carbons (Fsp3) is 0.333. The zero-order valence-corrected chi connectivity index (χ0v) is 16.9. The van der Waals surface area contributed by atoms with Crippen molar-refractivity contribution in [3.8, 4) is 0 Å². The molecule has 0 aliphatic carbocycles. The van der Waals surface area contributed by atoms with E-state index in [2.05, 4.69) is 5.32 Å². The predicted octanol–water partition coefficient (Wildman–Crippen LogP) is 5.56. The van der Waals surface area contributed by atoms with E-state index in [9.17, 15) is 22.8 Å². The van der Waals surface area contributed by atoms with Crippen LogP contribution in [0, 0.1) is 0 Å². The first-order valence-electron chi connectivity index (χ1n) is 9.30. The third-order valence-electron chi connectivity index (χ3n) is 5.12. The van der Waals surface area contributed by atoms with Gasteiger partial charge in [0.05, 0.1) is 23.9 Å². The molecule has 3 rings (SSSR count). The van der Waals surface area contributed by atoms with Gasteiger partial charge in [-0.05, 0) is 48.6 Å². The van der Waals surface area contributed by atoms with Crippen LogP contribution < -0.4 is 5.32 Å². The van der Waals surface area contributed by atoms with E-state index in [0.717, 1.165) is 6.07 Å². The molecular weight excluding hydrogens is 421 g/mol. The summed E-state index contributed by atoms with van der Waals surface area (Å²) in [5.41, 5.74) is -0.00411. The molecule has 0 radical (unpaired) electrons. The van der Waals surface area contributed by atoms with Crippen molar-refractivity contribution in [2.24, 2.45) is 0 Å². The van der Waals surface area contributed by atoms with E-state index in [-0.39, 0.29) is 35.8 Å². The molecule has 1 aliphatic rings. The Bertz CT molecular complexity index is 941. The number of hydrogen-bond donors (Lipinski definition) is 1. The van der Waals surface area contributed by atoms with Crippen molar-refractivity contribution in [1.29, 1.82) is 0 Å². The van der Waals surface area contributed by atoms with Crippen LogP contribution in [-0.2, 0) is 10.9 Å². The van der Waals surface area contributed by atoms with E-state index < -0.39 is 23.7 Å². The maximum atomic E-state index is 13.3. The Morgan fingerprint density at radius 3 is 2.43 bits per heavy atom. The highest BCUT2D eigenvalue weighted by molar-refractivity contribution is 6.31. The lowest BCUT2D eigenvalue weighted by Gasteiger charge is -2.33. The summed E-state index contributed by atoms with van der Waals surface area (Å²) in [5, 5.41) is 2.98. The molecule has 2 aromatic rings. The number of carbonyl (C=O) groups excluding carboxylic acids is 2. The fourth-order valence-corrected chi connectivity index (χ4v) is 3.78. The number of esters is 1. The van der Waals surface area contributed by atoms with Crippen LogP contribution in [0.1, 0.15) is 40.2 Å². The number of rotatable bonds is 3. The molecule has 0 bridgehead atoms. The molecule has 1 heterocycles. The second-order valence-electron chi connectivity index (χ2n) is 6.96. The molecule has 0 unspecified atom stereocenters. The predicted molar refractivity (Wildman–Crippen MR) is 107 cm³/mol. The Balaban J connectivity index is 1.69. The molecular formula is C21H20ClF3N2O3. The molecule has 1 N–H and O–H groups in total. The Hall–Kier alpha value is -2.74. The average molecular weight is 441 g/mol. The number of hydrogen-bond acceptors (Lipinski definition) is 3. The van der Waals surface area contributed by atoms with E-state index in [4.69, 9.17) is 16.3 Å². The second-order valence-corrected chi connectivity index (χ2v) is 7.39. The minimum absolute atomic E-state index is 0.157. The number of urea groups is 1. The van der Waals surface area contributed by atoms with E-state index in [1.807, 2.05) is 0 Å². The van der Waals surface area contributed by atoms with Crippen molar-refractivity contribution < 1.29 is 27.5 Å². The topological polar surface area (TPSA) is 58.6 Å². The van der Waals surface area contributed by atoms with Gasteiger partial charge in [0.2, 0.25) is 0 Å². The first-order chi connectivity index (χ1) is 14.2. The highest BCUT2D eigenvalue weighted by Crippen LogP contribution is 2.38. The van der Waals surface area contributed by atoms with Crippen LogP contribution in [0.15, 0.2) is 42.5 Å². The fourth-order valence-electron chi connectivity index (χ4n) is 3.61. The number of carbonyl (C=O) groups is 2. The first kappa shape index (κ1) is 22.0. The molecule has 1 aliphatic heterocycles. The number of halogens is 4. The number of benzene rings is 2. The lowest BCUT2D eigenvalue weighted by atomic mass is 9.86. The molecule has 30 heavy (non-hydrogen) atoms. The minimum atomic E-state index is -4.41. The molecule has 5 nitrogen and oxygen atoms in total. The Morgan fingerprint density at radius 1 is 1.13 bits per heavy atom. The molecule has 0 spiro atoms. The van der Waals surface area contributed by atoms with E-state index in [1.165, 1.54) is 42.3 Å². The van der Waals surface area contributed by atoms with Gasteiger partial charge in [-0.1, -0.05) is 29.8 Å². The quantitative estimate of drug-likeness (QED) is 0.636. The Morgan fingerprint density at radius 2 is 1.80 bits per heavy atom. The number of methoxy groups -OCH3 is 1. The maximum Gasteiger partial charge on any atom is 0.416 e. The van der Waals surface area contributed by atoms with Crippen LogP contribution in [0.2, 0.25) is 5.02 Å². The molecule has 160 valence electrons. The number of anilines is 1. The number of amides is 2. The van der Waals surface area contributed by atoms with E-state index in [1.54, 1.807) is 6.07 Å². The molecule has 9 heteroatoms. The molecule has 1 fully saturated rings. The van der Waals surface area contributed by atoms with Crippen LogP contribution in [0.25, 0.3) is 0 Å². The normalized spacial score (nSPS) is 15.0. The highest BCUT2D eigenvalue weighted by Gasteiger charge is 2.36. The maximum absolute atomic E-state index is 13.3. The van der Waals surface area contributed by atoms with Crippen molar-refractivity contribution in [3.63, 3.8) is 0 Å². The van der Waals surface area contributed by atoms with Crippen molar-refractivity contribution in [2.45, 2.75) is 24.9 Å². The molecule has 2 amide bonds. The number of nitrogens with zero attached hydrogens (tertiary/aromatic N) is 1. The number of ether oxygens (including phenoxy) is 1. The van der Waals surface area contributed by atoms with E-state index in [0.29, 0.717) is 17.9 Å². The zero-order chi connectivity index (χ0) is 21.9. The summed E-state index contributed by atoms with van der Waals surface area (Å²) in [7, 11) is 1.23. The minimum Gasteiger partial charge on any atom is -0.465 e. The molecule has 1 saturated heterocycles. The Kier molecular flexibility index (Phi) is 6.55. The first-order valence-corrected chi connectivity index (χ1v) is 9.68. The summed E-state index contributed by atoms with van der Waals surface area (Å²) in [5.74, 6) is -0.909. The van der Waals surface area contributed by atoms with Gasteiger partial charge in [-0.2, -0.15) is 13.2 Å². The van der Waals surface area contributed by atoms with Gasteiger partial charge in [-0.3, -0.25) is 0 Å². The monoisotopic (exact) mass is 440 g/mol. The van der Waals surface area contributed by atoms with Gasteiger partial charge >= 0.3 is 18.2 Å². The van der Waals surface area contributed by atoms with Crippen LogP contribution in [0.4, 0.5) is 23.7 Å². The lowest BCUT2D eigenvalue weighted by Crippen LogP contribution is -2.41. The summed E-state index contributed by atoms with van der Waals surface area (Å²) in [6.07, 6.45) is -3.61. The van der Waals surface area contributed by atoms with Crippen molar-refractivity contribution in [2.75, 3.05) is 25.5 Å². The van der Waals surface area contributed by atoms with Crippen molar-refractivity contribution in [3.05, 3.63) is 64.2 Å². The molecule has 0 aromatic heterocycles. The largest absolute Gasteiger partial charge is 0.465 e. The van der Waals surface area contributed by atoms with Gasteiger partial charge < -0.3 is 15.0 Å². The van der Waals surface area contributed by atoms with Crippen molar-refractivity contribution in [1.82, 2.24) is 4.90 Å². The van der Waals surface area contributed by atoms with Gasteiger partial charge in [0, 0.05) is 18.1 Å². The van der Waals surface area contributed by atoms with Crippen LogP contribution >= 0.6 is 11.6 Å². The number of likely N-dealkylation sites (tertiary alicyclic amines) is 1. The summed E-state index contributed by atoms with van der Waals surface area (Å²) in [6.45, 7) is 0.577. The molecule has 0 atom stereocenters. The number of nitrogens with one attached hydrogen (secondary N) is 1. The van der Waals surface area contributed by atoms with Crippen LogP contribution in [0.5, 0.6) is 0 Å². The molecule has 0 saturated carbocycles. The third kappa shape index (κ3) is 4.87. The third-order valence-corrected chi connectivity index (χ3v) is 5.35. The summed E-state index contributed by atoms with van der Waals surface area (Å²) in [6, 6.07) is 9.50. The zero-order valence-electron chi connectivity index (χ0n) is 16.1. The van der Waals surface area contributed by atoms with Gasteiger partial charge in [0.1, 0.15) is 0 Å². The number of piperidine rings is 1.